The Labute approximate surface area is 253 Å². The number of nitrogens with one attached hydrogen (secondary N) is 1. The van der Waals surface area contributed by atoms with E-state index in [0.29, 0.717) is 27.7 Å². The zero-order valence-corrected chi connectivity index (χ0v) is 26.4. The van der Waals surface area contributed by atoms with Gasteiger partial charge in [-0.2, -0.15) is 0 Å². The van der Waals surface area contributed by atoms with Crippen molar-refractivity contribution in [2.24, 2.45) is 0 Å². The maximum atomic E-state index is 14.1. The summed E-state index contributed by atoms with van der Waals surface area (Å²) < 4.78 is 29.2. The molecule has 1 N–H and O–H groups in total. The highest BCUT2D eigenvalue weighted by molar-refractivity contribution is 7.92. The predicted molar refractivity (Wildman–Crippen MR) is 166 cm³/mol. The Bertz CT molecular complexity index is 1480. The van der Waals surface area contributed by atoms with Crippen molar-refractivity contribution < 1.29 is 18.0 Å². The Balaban J connectivity index is 2.08. The minimum absolute atomic E-state index is 0.0264. The topological polar surface area (TPSA) is 86.8 Å². The summed E-state index contributed by atoms with van der Waals surface area (Å²) in [5.41, 5.74) is 2.75. The molecule has 0 heterocycles. The van der Waals surface area contributed by atoms with Gasteiger partial charge < -0.3 is 10.2 Å². The molecule has 2 atom stereocenters. The molecule has 0 aliphatic heterocycles. The van der Waals surface area contributed by atoms with E-state index in [1.165, 1.54) is 17.0 Å². The number of carbonyl (C=O) groups is 2. The lowest BCUT2D eigenvalue weighted by Crippen LogP contribution is -2.52. The van der Waals surface area contributed by atoms with Crippen molar-refractivity contribution in [2.45, 2.75) is 71.0 Å². The Kier molecular flexibility index (Phi) is 11.2. The van der Waals surface area contributed by atoms with Gasteiger partial charge in [0.05, 0.1) is 20.6 Å². The first-order chi connectivity index (χ1) is 19.4. The number of rotatable bonds is 12. The lowest BCUT2D eigenvalue weighted by atomic mass is 10.1. The van der Waals surface area contributed by atoms with Gasteiger partial charge in [0.2, 0.25) is 11.8 Å². The molecule has 2 amide bonds. The fourth-order valence-electron chi connectivity index (χ4n) is 4.29. The summed E-state index contributed by atoms with van der Waals surface area (Å²) in [5, 5.41) is 3.60. The van der Waals surface area contributed by atoms with E-state index in [0.717, 1.165) is 21.9 Å². The lowest BCUT2D eigenvalue weighted by Gasteiger charge is -2.33. The van der Waals surface area contributed by atoms with Crippen molar-refractivity contribution in [3.63, 3.8) is 0 Å². The molecule has 3 aromatic carbocycles. The zero-order valence-electron chi connectivity index (χ0n) is 24.0. The van der Waals surface area contributed by atoms with E-state index in [9.17, 15) is 18.0 Å². The van der Waals surface area contributed by atoms with Gasteiger partial charge in [0.15, 0.2) is 0 Å². The Morgan fingerprint density at radius 1 is 0.927 bits per heavy atom. The van der Waals surface area contributed by atoms with Crippen LogP contribution in [-0.2, 0) is 32.6 Å². The first-order valence-corrected chi connectivity index (χ1v) is 15.8. The smallest absolute Gasteiger partial charge is 0.264 e. The van der Waals surface area contributed by atoms with Crippen molar-refractivity contribution >= 4 is 50.7 Å². The molecule has 0 saturated heterocycles. The molecular weight excluding hydrogens is 581 g/mol. The molecule has 220 valence electrons. The molecule has 0 fully saturated rings. The van der Waals surface area contributed by atoms with Crippen LogP contribution < -0.4 is 9.62 Å². The Morgan fingerprint density at radius 3 is 2.20 bits per heavy atom. The largest absolute Gasteiger partial charge is 0.352 e. The van der Waals surface area contributed by atoms with Gasteiger partial charge in [-0.05, 0) is 75.1 Å². The molecule has 0 saturated carbocycles. The second-order valence-corrected chi connectivity index (χ2v) is 12.7. The van der Waals surface area contributed by atoms with Crippen LogP contribution in [0.5, 0.6) is 0 Å². The van der Waals surface area contributed by atoms with Gasteiger partial charge in [-0.25, -0.2) is 8.42 Å². The summed E-state index contributed by atoms with van der Waals surface area (Å²) in [6, 6.07) is 17.6. The number of halogens is 2. The van der Waals surface area contributed by atoms with Crippen LogP contribution in [0, 0.1) is 6.92 Å². The molecule has 0 radical (unpaired) electrons. The molecule has 3 aromatic rings. The van der Waals surface area contributed by atoms with Crippen LogP contribution in [-0.4, -0.2) is 43.8 Å². The van der Waals surface area contributed by atoms with Crippen LogP contribution in [0.3, 0.4) is 0 Å². The molecule has 0 spiro atoms. The molecule has 3 rings (SSSR count). The minimum Gasteiger partial charge on any atom is -0.352 e. The Morgan fingerprint density at radius 2 is 1.59 bits per heavy atom. The van der Waals surface area contributed by atoms with Crippen LogP contribution in [0.1, 0.15) is 50.8 Å². The van der Waals surface area contributed by atoms with Crippen LogP contribution in [0.2, 0.25) is 10.0 Å². The fourth-order valence-corrected chi connectivity index (χ4v) is 6.06. The van der Waals surface area contributed by atoms with Gasteiger partial charge in [0, 0.05) is 12.6 Å². The Hall–Kier alpha value is -3.07. The van der Waals surface area contributed by atoms with Gasteiger partial charge in [-0.15, -0.1) is 0 Å². The van der Waals surface area contributed by atoms with Crippen molar-refractivity contribution in [1.29, 1.82) is 0 Å². The number of nitrogens with zero attached hydrogens (tertiary/aromatic N) is 2. The van der Waals surface area contributed by atoms with Gasteiger partial charge in [-0.3, -0.25) is 13.9 Å². The number of hydrogen-bond donors (Lipinski definition) is 1. The second-order valence-electron chi connectivity index (χ2n) is 10.1. The van der Waals surface area contributed by atoms with Crippen molar-refractivity contribution in [3.8, 4) is 0 Å². The SMILES string of the molecule is CCc1ccccc1N(CC(=O)N(Cc1ccc(Cl)c(Cl)c1)C(C)C(=O)NC(C)CC)S(=O)(=O)c1ccc(C)cc1. The number of anilines is 1. The van der Waals surface area contributed by atoms with Gasteiger partial charge in [-0.1, -0.05) is 79.0 Å². The second kappa shape index (κ2) is 14.2. The highest BCUT2D eigenvalue weighted by Crippen LogP contribution is 2.29. The normalized spacial score (nSPS) is 12.9. The summed E-state index contributed by atoms with van der Waals surface area (Å²) in [7, 11) is -4.14. The first kappa shape index (κ1) is 32.4. The number of para-hydroxylation sites is 1. The number of carbonyl (C=O) groups excluding carboxylic acids is 2. The highest BCUT2D eigenvalue weighted by Gasteiger charge is 2.33. The van der Waals surface area contributed by atoms with Crippen LogP contribution in [0.15, 0.2) is 71.6 Å². The molecule has 7 nitrogen and oxygen atoms in total. The predicted octanol–water partition coefficient (Wildman–Crippen LogP) is 6.39. The third-order valence-corrected chi connectivity index (χ3v) is 9.55. The molecule has 10 heteroatoms. The third-order valence-electron chi connectivity index (χ3n) is 7.03. The standard InChI is InChI=1S/C31H37Cl2N3O4S/c1-6-22(4)34-31(38)23(5)35(19-24-14-17-27(32)28(33)18-24)30(37)20-36(29-11-9-8-10-25(29)7-2)41(39,40)26-15-12-21(3)13-16-26/h8-18,22-23H,6-7,19-20H2,1-5H3,(H,34,38). The van der Waals surface area contributed by atoms with Crippen LogP contribution in [0.25, 0.3) is 0 Å². The maximum Gasteiger partial charge on any atom is 0.264 e. The summed E-state index contributed by atoms with van der Waals surface area (Å²) in [5.74, 6) is -0.876. The molecule has 0 bridgehead atoms. The summed E-state index contributed by atoms with van der Waals surface area (Å²) >= 11 is 12.3. The number of aryl methyl sites for hydroxylation is 2. The van der Waals surface area contributed by atoms with E-state index in [2.05, 4.69) is 5.32 Å². The van der Waals surface area contributed by atoms with Crippen LogP contribution >= 0.6 is 23.2 Å². The summed E-state index contributed by atoms with van der Waals surface area (Å²) in [6.07, 6.45) is 1.28. The third kappa shape index (κ3) is 8.03. The fraction of sp³-hybridized carbons (Fsp3) is 0.355. The number of amides is 2. The first-order valence-electron chi connectivity index (χ1n) is 13.6. The van der Waals surface area contributed by atoms with Gasteiger partial charge in [0.1, 0.15) is 12.6 Å². The summed E-state index contributed by atoms with van der Waals surface area (Å²) in [4.78, 5) is 28.7. The molecule has 0 aliphatic rings. The quantitative estimate of drug-likeness (QED) is 0.255. The molecule has 2 unspecified atom stereocenters. The van der Waals surface area contributed by atoms with E-state index in [1.54, 1.807) is 49.4 Å². The van der Waals surface area contributed by atoms with E-state index >= 15 is 0 Å². The van der Waals surface area contributed by atoms with Gasteiger partial charge >= 0.3 is 0 Å². The zero-order chi connectivity index (χ0) is 30.3. The highest BCUT2D eigenvalue weighted by atomic mass is 35.5. The maximum absolute atomic E-state index is 14.1. The number of benzene rings is 3. The van der Waals surface area contributed by atoms with Crippen molar-refractivity contribution in [3.05, 3.63) is 93.5 Å². The monoisotopic (exact) mass is 617 g/mol. The number of hydrogen-bond acceptors (Lipinski definition) is 4. The number of sulfonamides is 1. The van der Waals surface area contributed by atoms with E-state index in [-0.39, 0.29) is 23.4 Å². The molecule has 41 heavy (non-hydrogen) atoms. The van der Waals surface area contributed by atoms with E-state index < -0.39 is 28.5 Å². The average molecular weight is 619 g/mol. The molecule has 0 aromatic heterocycles. The van der Waals surface area contributed by atoms with E-state index in [1.807, 2.05) is 39.8 Å². The van der Waals surface area contributed by atoms with Gasteiger partial charge in [0.25, 0.3) is 10.0 Å². The van der Waals surface area contributed by atoms with Crippen molar-refractivity contribution in [1.82, 2.24) is 10.2 Å². The molecule has 0 aliphatic carbocycles. The molecular formula is C31H37Cl2N3O4S. The summed E-state index contributed by atoms with van der Waals surface area (Å²) in [6.45, 7) is 8.78. The minimum atomic E-state index is -4.14. The lowest BCUT2D eigenvalue weighted by molar-refractivity contribution is -0.139. The average Bonchev–Trinajstić information content (AvgIpc) is 2.95. The van der Waals surface area contributed by atoms with Crippen LogP contribution in [0.4, 0.5) is 5.69 Å². The van der Waals surface area contributed by atoms with Crippen molar-refractivity contribution in [2.75, 3.05) is 10.8 Å². The van der Waals surface area contributed by atoms with E-state index in [4.69, 9.17) is 23.2 Å².